The molecule has 1 N–H and O–H groups in total. The molecule has 0 amide bonds. The number of benzene rings is 1. The molecule has 0 saturated carbocycles. The molecular formula is C17H24NO3+. The SMILES string of the molecule is C[N+]1(C)[C@@H]2CC[C@H]1CC(OC(=O)[C@@H](O)c1ccccc1)C2. The average Bonchev–Trinajstić information content (AvgIpc) is 2.67. The molecule has 4 atom stereocenters. The third-order valence-corrected chi connectivity index (χ3v) is 5.41. The zero-order chi connectivity index (χ0) is 15.0. The Balaban J connectivity index is 1.62. The van der Waals surface area contributed by atoms with Gasteiger partial charge < -0.3 is 14.3 Å². The van der Waals surface area contributed by atoms with Crippen molar-refractivity contribution in [3.63, 3.8) is 0 Å². The number of carbonyl (C=O) groups excluding carboxylic acids is 1. The fourth-order valence-corrected chi connectivity index (χ4v) is 3.93. The van der Waals surface area contributed by atoms with E-state index in [0.29, 0.717) is 17.6 Å². The Hall–Kier alpha value is -1.39. The minimum absolute atomic E-state index is 0.0421. The normalized spacial score (nSPS) is 31.7. The Bertz CT molecular complexity index is 498. The molecule has 2 aliphatic heterocycles. The van der Waals surface area contributed by atoms with E-state index >= 15 is 0 Å². The van der Waals surface area contributed by atoms with Crippen LogP contribution in [0.25, 0.3) is 0 Å². The van der Waals surface area contributed by atoms with Crippen LogP contribution in [0.3, 0.4) is 0 Å². The number of hydrogen-bond acceptors (Lipinski definition) is 3. The molecule has 0 radical (unpaired) electrons. The first kappa shape index (κ1) is 14.5. The van der Waals surface area contributed by atoms with Gasteiger partial charge in [-0.1, -0.05) is 30.3 Å². The van der Waals surface area contributed by atoms with Gasteiger partial charge in [-0.25, -0.2) is 4.79 Å². The third kappa shape index (κ3) is 2.70. The van der Waals surface area contributed by atoms with Gasteiger partial charge in [-0.05, 0) is 5.56 Å². The Kier molecular flexibility index (Phi) is 3.76. The smallest absolute Gasteiger partial charge is 0.339 e. The van der Waals surface area contributed by atoms with Crippen molar-refractivity contribution in [1.82, 2.24) is 0 Å². The van der Waals surface area contributed by atoms with E-state index in [1.54, 1.807) is 12.1 Å². The van der Waals surface area contributed by atoms with Crippen LogP contribution in [-0.2, 0) is 9.53 Å². The van der Waals surface area contributed by atoms with Crippen LogP contribution in [0, 0.1) is 0 Å². The largest absolute Gasteiger partial charge is 0.460 e. The predicted octanol–water partition coefficient (Wildman–Crippen LogP) is 2.03. The van der Waals surface area contributed by atoms with Gasteiger partial charge in [0.05, 0.1) is 26.2 Å². The molecule has 2 heterocycles. The Labute approximate surface area is 125 Å². The number of aliphatic hydroxyl groups is 1. The lowest BCUT2D eigenvalue weighted by atomic mass is 9.97. The molecule has 1 unspecified atom stereocenters. The van der Waals surface area contributed by atoms with Crippen LogP contribution >= 0.6 is 0 Å². The molecule has 0 aliphatic carbocycles. The van der Waals surface area contributed by atoms with Gasteiger partial charge in [0.15, 0.2) is 6.10 Å². The molecule has 3 rings (SSSR count). The first-order valence-corrected chi connectivity index (χ1v) is 7.75. The lowest BCUT2D eigenvalue weighted by Gasteiger charge is -2.43. The van der Waals surface area contributed by atoms with Gasteiger partial charge in [0.1, 0.15) is 6.10 Å². The van der Waals surface area contributed by atoms with Crippen molar-refractivity contribution in [3.05, 3.63) is 35.9 Å². The van der Waals surface area contributed by atoms with Gasteiger partial charge in [0, 0.05) is 25.7 Å². The number of esters is 1. The van der Waals surface area contributed by atoms with E-state index in [9.17, 15) is 9.90 Å². The van der Waals surface area contributed by atoms with Gasteiger partial charge in [-0.15, -0.1) is 0 Å². The van der Waals surface area contributed by atoms with Crippen LogP contribution < -0.4 is 0 Å². The number of quaternary nitrogens is 1. The minimum atomic E-state index is -1.17. The van der Waals surface area contributed by atoms with Crippen molar-refractivity contribution in [2.75, 3.05) is 14.1 Å². The fourth-order valence-electron chi connectivity index (χ4n) is 3.93. The Morgan fingerprint density at radius 1 is 1.19 bits per heavy atom. The molecule has 1 aromatic carbocycles. The van der Waals surface area contributed by atoms with Crippen LogP contribution in [0.5, 0.6) is 0 Å². The zero-order valence-electron chi connectivity index (χ0n) is 12.7. The number of aliphatic hydroxyl groups excluding tert-OH is 1. The highest BCUT2D eigenvalue weighted by atomic mass is 16.6. The summed E-state index contributed by atoms with van der Waals surface area (Å²) >= 11 is 0. The average molecular weight is 290 g/mol. The molecule has 2 bridgehead atoms. The van der Waals surface area contributed by atoms with Crippen LogP contribution in [0.1, 0.15) is 37.4 Å². The van der Waals surface area contributed by atoms with E-state index in [4.69, 9.17) is 4.74 Å². The summed E-state index contributed by atoms with van der Waals surface area (Å²) in [6.45, 7) is 0. The number of nitrogens with zero attached hydrogens (tertiary/aromatic N) is 1. The first-order chi connectivity index (χ1) is 9.98. The second-order valence-electron chi connectivity index (χ2n) is 6.86. The second-order valence-corrected chi connectivity index (χ2v) is 6.86. The lowest BCUT2D eigenvalue weighted by molar-refractivity contribution is -0.931. The molecule has 114 valence electrons. The summed E-state index contributed by atoms with van der Waals surface area (Å²) in [5, 5.41) is 10.1. The van der Waals surface area contributed by atoms with Crippen LogP contribution in [0.2, 0.25) is 0 Å². The van der Waals surface area contributed by atoms with E-state index < -0.39 is 12.1 Å². The van der Waals surface area contributed by atoms with E-state index in [-0.39, 0.29) is 6.10 Å². The van der Waals surface area contributed by atoms with E-state index in [0.717, 1.165) is 17.3 Å². The van der Waals surface area contributed by atoms with Crippen LogP contribution in [0.15, 0.2) is 30.3 Å². The summed E-state index contributed by atoms with van der Waals surface area (Å²) in [5.74, 6) is -0.516. The molecule has 0 spiro atoms. The summed E-state index contributed by atoms with van der Waals surface area (Å²) < 4.78 is 6.63. The molecule has 21 heavy (non-hydrogen) atoms. The number of rotatable bonds is 3. The van der Waals surface area contributed by atoms with Gasteiger partial charge in [0.25, 0.3) is 0 Å². The maximum Gasteiger partial charge on any atom is 0.339 e. The van der Waals surface area contributed by atoms with Crippen LogP contribution in [-0.4, -0.2) is 47.8 Å². The monoisotopic (exact) mass is 290 g/mol. The number of ether oxygens (including phenoxy) is 1. The van der Waals surface area contributed by atoms with Crippen molar-refractivity contribution in [1.29, 1.82) is 0 Å². The molecule has 2 fully saturated rings. The van der Waals surface area contributed by atoms with Gasteiger partial charge in [0.2, 0.25) is 0 Å². The van der Waals surface area contributed by atoms with Crippen molar-refractivity contribution in [3.8, 4) is 0 Å². The summed E-state index contributed by atoms with van der Waals surface area (Å²) in [7, 11) is 4.55. The molecule has 4 nitrogen and oxygen atoms in total. The summed E-state index contributed by atoms with van der Waals surface area (Å²) in [6.07, 6.45) is 3.04. The standard InChI is InChI=1S/C17H24NO3/c1-18(2)13-8-9-14(18)11-15(10-13)21-17(20)16(19)12-6-4-3-5-7-12/h3-7,13-16,19H,8-11H2,1-2H3/q+1/t13-,14+,15?,16-/m0/s1. The van der Waals surface area contributed by atoms with Crippen molar-refractivity contribution in [2.24, 2.45) is 0 Å². The van der Waals surface area contributed by atoms with E-state index in [1.165, 1.54) is 12.8 Å². The highest BCUT2D eigenvalue weighted by Crippen LogP contribution is 2.40. The maximum atomic E-state index is 12.1. The third-order valence-electron chi connectivity index (χ3n) is 5.41. The van der Waals surface area contributed by atoms with E-state index in [2.05, 4.69) is 14.1 Å². The Morgan fingerprint density at radius 2 is 1.76 bits per heavy atom. The lowest BCUT2D eigenvalue weighted by Crippen LogP contribution is -2.56. The number of carbonyl (C=O) groups is 1. The van der Waals surface area contributed by atoms with Crippen LogP contribution in [0.4, 0.5) is 0 Å². The predicted molar refractivity (Wildman–Crippen MR) is 79.4 cm³/mol. The quantitative estimate of drug-likeness (QED) is 0.684. The molecule has 4 heteroatoms. The van der Waals surface area contributed by atoms with Gasteiger partial charge in [-0.3, -0.25) is 0 Å². The van der Waals surface area contributed by atoms with Crippen molar-refractivity contribution >= 4 is 5.97 Å². The van der Waals surface area contributed by atoms with E-state index in [1.807, 2.05) is 18.2 Å². The number of piperidine rings is 1. The maximum absolute atomic E-state index is 12.1. The summed E-state index contributed by atoms with van der Waals surface area (Å²) in [6, 6.07) is 10.1. The number of hydrogen-bond donors (Lipinski definition) is 1. The molecule has 2 aliphatic rings. The second kappa shape index (κ2) is 5.43. The molecule has 2 saturated heterocycles. The van der Waals surface area contributed by atoms with Gasteiger partial charge >= 0.3 is 5.97 Å². The molecule has 1 aromatic rings. The van der Waals surface area contributed by atoms with Crippen molar-refractivity contribution < 1.29 is 19.1 Å². The summed E-state index contributed by atoms with van der Waals surface area (Å²) in [4.78, 5) is 12.1. The van der Waals surface area contributed by atoms with Gasteiger partial charge in [-0.2, -0.15) is 0 Å². The Morgan fingerprint density at radius 3 is 2.33 bits per heavy atom. The highest BCUT2D eigenvalue weighted by molar-refractivity contribution is 5.76. The topological polar surface area (TPSA) is 46.5 Å². The minimum Gasteiger partial charge on any atom is -0.460 e. The first-order valence-electron chi connectivity index (χ1n) is 7.75. The van der Waals surface area contributed by atoms with Crippen molar-refractivity contribution in [2.45, 2.75) is 50.0 Å². The highest BCUT2D eigenvalue weighted by Gasteiger charge is 2.50. The molecular weight excluding hydrogens is 266 g/mol. The fraction of sp³-hybridized carbons (Fsp3) is 0.588. The zero-order valence-corrected chi connectivity index (χ0v) is 12.7. The molecule has 0 aromatic heterocycles. The number of fused-ring (bicyclic) bond motifs is 2. The summed E-state index contributed by atoms with van der Waals surface area (Å²) in [5.41, 5.74) is 0.595.